The van der Waals surface area contributed by atoms with Crippen LogP contribution >= 0.6 is 0 Å². The number of halogens is 2. The first-order valence-corrected chi connectivity index (χ1v) is 9.91. The van der Waals surface area contributed by atoms with Gasteiger partial charge in [0, 0.05) is 12.6 Å². The van der Waals surface area contributed by atoms with E-state index in [0.717, 1.165) is 18.2 Å². The number of hydrogen-bond acceptors (Lipinski definition) is 5. The summed E-state index contributed by atoms with van der Waals surface area (Å²) in [5.74, 6) is -1.80. The van der Waals surface area contributed by atoms with Crippen molar-refractivity contribution in [1.82, 2.24) is 15.1 Å². The van der Waals surface area contributed by atoms with Crippen molar-refractivity contribution in [2.75, 3.05) is 26.7 Å². The van der Waals surface area contributed by atoms with Crippen molar-refractivity contribution in [3.63, 3.8) is 0 Å². The van der Waals surface area contributed by atoms with Gasteiger partial charge in [-0.2, -0.15) is 0 Å². The first kappa shape index (κ1) is 21.5. The Morgan fingerprint density at radius 2 is 1.94 bits per heavy atom. The summed E-state index contributed by atoms with van der Waals surface area (Å²) in [6.45, 7) is 1.10. The molecule has 2 aliphatic rings. The summed E-state index contributed by atoms with van der Waals surface area (Å²) in [5.41, 5.74) is -2.14. The van der Waals surface area contributed by atoms with E-state index >= 15 is 0 Å². The van der Waals surface area contributed by atoms with Gasteiger partial charge in [0.15, 0.2) is 17.6 Å². The average molecular weight is 445 g/mol. The molecule has 1 saturated heterocycles. The SMILES string of the molecule is CN(CC1COc2ccccc2O1)C(=O)CN1C(=O)NC(C)(c2cc(F)ccc2F)C1=O. The smallest absolute Gasteiger partial charge is 0.325 e. The number of benzene rings is 2. The number of para-hydroxylation sites is 2. The topological polar surface area (TPSA) is 88.2 Å². The van der Waals surface area contributed by atoms with Crippen LogP contribution in [0.2, 0.25) is 0 Å². The number of likely N-dealkylation sites (N-methyl/N-ethyl adjacent to an activating group) is 1. The molecule has 2 aromatic carbocycles. The van der Waals surface area contributed by atoms with Gasteiger partial charge in [0.25, 0.3) is 5.91 Å². The van der Waals surface area contributed by atoms with Gasteiger partial charge < -0.3 is 19.7 Å². The molecular formula is C22H21F2N3O5. The van der Waals surface area contributed by atoms with Crippen LogP contribution in [0.25, 0.3) is 0 Å². The summed E-state index contributed by atoms with van der Waals surface area (Å²) in [5, 5.41) is 2.37. The number of fused-ring (bicyclic) bond motifs is 1. The third kappa shape index (κ3) is 3.83. The predicted octanol–water partition coefficient (Wildman–Crippen LogP) is 2.03. The van der Waals surface area contributed by atoms with Crippen molar-refractivity contribution in [2.24, 2.45) is 0 Å². The van der Waals surface area contributed by atoms with Crippen LogP contribution in [0.15, 0.2) is 42.5 Å². The molecule has 0 aromatic heterocycles. The molecule has 32 heavy (non-hydrogen) atoms. The molecule has 1 fully saturated rings. The van der Waals surface area contributed by atoms with Gasteiger partial charge in [0.05, 0.1) is 6.54 Å². The largest absolute Gasteiger partial charge is 0.486 e. The van der Waals surface area contributed by atoms with Crippen molar-refractivity contribution >= 4 is 17.8 Å². The second-order valence-electron chi connectivity index (χ2n) is 7.84. The number of ether oxygens (including phenoxy) is 2. The van der Waals surface area contributed by atoms with E-state index in [1.165, 1.54) is 18.9 Å². The van der Waals surface area contributed by atoms with Crippen LogP contribution in [0.4, 0.5) is 13.6 Å². The fourth-order valence-electron chi connectivity index (χ4n) is 3.72. The van der Waals surface area contributed by atoms with Gasteiger partial charge >= 0.3 is 6.03 Å². The molecule has 168 valence electrons. The second-order valence-corrected chi connectivity index (χ2v) is 7.84. The third-order valence-electron chi connectivity index (χ3n) is 5.51. The quantitative estimate of drug-likeness (QED) is 0.712. The van der Waals surface area contributed by atoms with Gasteiger partial charge in [-0.3, -0.25) is 14.5 Å². The maximum Gasteiger partial charge on any atom is 0.325 e. The Balaban J connectivity index is 1.42. The van der Waals surface area contributed by atoms with E-state index in [2.05, 4.69) is 5.32 Å². The van der Waals surface area contributed by atoms with E-state index in [1.54, 1.807) is 18.2 Å². The number of rotatable bonds is 5. The number of carbonyl (C=O) groups excluding carboxylic acids is 3. The van der Waals surface area contributed by atoms with Gasteiger partial charge in [-0.05, 0) is 37.3 Å². The molecule has 0 aliphatic carbocycles. The van der Waals surface area contributed by atoms with Gasteiger partial charge in [-0.1, -0.05) is 12.1 Å². The highest BCUT2D eigenvalue weighted by Crippen LogP contribution is 2.32. The summed E-state index contributed by atoms with van der Waals surface area (Å²) in [4.78, 5) is 40.1. The zero-order valence-corrected chi connectivity index (χ0v) is 17.4. The maximum absolute atomic E-state index is 14.3. The molecule has 0 spiro atoms. The monoisotopic (exact) mass is 445 g/mol. The fourth-order valence-corrected chi connectivity index (χ4v) is 3.72. The summed E-state index contributed by atoms with van der Waals surface area (Å²) in [6, 6.07) is 8.92. The number of imide groups is 1. The fraction of sp³-hybridized carbons (Fsp3) is 0.318. The Bertz CT molecular complexity index is 1090. The van der Waals surface area contributed by atoms with E-state index in [4.69, 9.17) is 9.47 Å². The van der Waals surface area contributed by atoms with Crippen LogP contribution in [-0.2, 0) is 15.1 Å². The molecule has 2 aromatic rings. The first-order valence-electron chi connectivity index (χ1n) is 9.91. The van der Waals surface area contributed by atoms with Crippen LogP contribution in [0, 0.1) is 11.6 Å². The van der Waals surface area contributed by atoms with Crippen LogP contribution in [0.5, 0.6) is 11.5 Å². The van der Waals surface area contributed by atoms with Crippen LogP contribution in [-0.4, -0.2) is 60.5 Å². The molecule has 2 unspecified atom stereocenters. The zero-order valence-electron chi connectivity index (χ0n) is 17.4. The van der Waals surface area contributed by atoms with Crippen LogP contribution < -0.4 is 14.8 Å². The normalized spacial score (nSPS) is 22.0. The average Bonchev–Trinajstić information content (AvgIpc) is 2.99. The van der Waals surface area contributed by atoms with E-state index < -0.39 is 47.7 Å². The summed E-state index contributed by atoms with van der Waals surface area (Å²) >= 11 is 0. The van der Waals surface area contributed by atoms with E-state index in [0.29, 0.717) is 16.4 Å². The van der Waals surface area contributed by atoms with Crippen LogP contribution in [0.3, 0.4) is 0 Å². The van der Waals surface area contributed by atoms with Crippen molar-refractivity contribution in [2.45, 2.75) is 18.6 Å². The molecule has 1 N–H and O–H groups in total. The lowest BCUT2D eigenvalue weighted by molar-refractivity contribution is -0.139. The third-order valence-corrected chi connectivity index (χ3v) is 5.51. The highest BCUT2D eigenvalue weighted by Gasteiger charge is 2.51. The van der Waals surface area contributed by atoms with Gasteiger partial charge in [-0.15, -0.1) is 0 Å². The Kier molecular flexibility index (Phi) is 5.45. The lowest BCUT2D eigenvalue weighted by Gasteiger charge is -2.30. The highest BCUT2D eigenvalue weighted by atomic mass is 19.1. The Morgan fingerprint density at radius 3 is 2.69 bits per heavy atom. The molecule has 10 heteroatoms. The second kappa shape index (κ2) is 8.10. The summed E-state index contributed by atoms with van der Waals surface area (Å²) in [7, 11) is 1.51. The van der Waals surface area contributed by atoms with E-state index in [1.807, 2.05) is 6.07 Å². The molecule has 8 nitrogen and oxygen atoms in total. The molecule has 2 aliphatic heterocycles. The number of carbonyl (C=O) groups is 3. The molecule has 0 saturated carbocycles. The molecule has 0 bridgehead atoms. The Labute approximate surface area is 182 Å². The van der Waals surface area contributed by atoms with Crippen molar-refractivity contribution < 1.29 is 32.6 Å². The highest BCUT2D eigenvalue weighted by molar-refractivity contribution is 6.09. The number of nitrogens with zero attached hydrogens (tertiary/aromatic N) is 2. The first-order chi connectivity index (χ1) is 15.2. The summed E-state index contributed by atoms with van der Waals surface area (Å²) < 4.78 is 39.3. The predicted molar refractivity (Wildman–Crippen MR) is 108 cm³/mol. The van der Waals surface area contributed by atoms with Gasteiger partial charge in [0.1, 0.15) is 30.3 Å². The minimum atomic E-state index is -1.83. The number of urea groups is 1. The lowest BCUT2D eigenvalue weighted by Crippen LogP contribution is -2.47. The lowest BCUT2D eigenvalue weighted by atomic mass is 9.91. The minimum absolute atomic E-state index is 0.159. The molecule has 0 radical (unpaired) electrons. The Morgan fingerprint density at radius 1 is 1.22 bits per heavy atom. The molecule has 2 atom stereocenters. The molecule has 4 rings (SSSR count). The number of nitrogens with one attached hydrogen (secondary N) is 1. The molecular weight excluding hydrogens is 424 g/mol. The van der Waals surface area contributed by atoms with Gasteiger partial charge in [-0.25, -0.2) is 13.6 Å². The van der Waals surface area contributed by atoms with E-state index in [-0.39, 0.29) is 18.7 Å². The molecule has 4 amide bonds. The number of amides is 4. The van der Waals surface area contributed by atoms with Crippen molar-refractivity contribution in [3.8, 4) is 11.5 Å². The Hall–Kier alpha value is -3.69. The number of hydrogen-bond donors (Lipinski definition) is 1. The summed E-state index contributed by atoms with van der Waals surface area (Å²) in [6.07, 6.45) is -0.436. The van der Waals surface area contributed by atoms with E-state index in [9.17, 15) is 23.2 Å². The maximum atomic E-state index is 14.3. The minimum Gasteiger partial charge on any atom is -0.486 e. The molecule has 2 heterocycles. The van der Waals surface area contributed by atoms with Crippen molar-refractivity contribution in [1.29, 1.82) is 0 Å². The van der Waals surface area contributed by atoms with Crippen LogP contribution in [0.1, 0.15) is 12.5 Å². The van der Waals surface area contributed by atoms with Gasteiger partial charge in [0.2, 0.25) is 5.91 Å². The standard InChI is InChI=1S/C22H21F2N3O5/c1-22(15-9-13(23)7-8-16(15)24)20(29)27(21(30)25-22)11-19(28)26(2)10-14-12-31-17-5-3-4-6-18(17)32-14/h3-9,14H,10-12H2,1-2H3,(H,25,30). The zero-order chi connectivity index (χ0) is 23.0. The van der Waals surface area contributed by atoms with Crippen molar-refractivity contribution in [3.05, 3.63) is 59.7 Å².